The Kier molecular flexibility index (Phi) is 4.92. The Balaban J connectivity index is 2.98. The lowest BCUT2D eigenvalue weighted by atomic mass is 9.92. The molecule has 0 amide bonds. The minimum absolute atomic E-state index is 0.427. The molecule has 2 N–H and O–H groups in total. The van der Waals surface area contributed by atoms with E-state index in [4.69, 9.17) is 4.74 Å². The zero-order valence-corrected chi connectivity index (χ0v) is 10.8. The molecule has 0 saturated carbocycles. The van der Waals surface area contributed by atoms with E-state index >= 15 is 0 Å². The fourth-order valence-corrected chi connectivity index (χ4v) is 1.63. The SMILES string of the molecule is C=CCNC(C)(C(=O)O)c1ccc(OCC)cc1. The third-order valence-corrected chi connectivity index (χ3v) is 2.77. The van der Waals surface area contributed by atoms with E-state index < -0.39 is 11.5 Å². The van der Waals surface area contributed by atoms with E-state index in [0.29, 0.717) is 18.7 Å². The summed E-state index contributed by atoms with van der Waals surface area (Å²) in [6, 6.07) is 7.07. The summed E-state index contributed by atoms with van der Waals surface area (Å²) in [6.45, 7) is 8.13. The maximum absolute atomic E-state index is 11.4. The first-order chi connectivity index (χ1) is 8.54. The number of carboxylic acid groups (broad SMARTS) is 1. The second-order valence-corrected chi connectivity index (χ2v) is 4.06. The van der Waals surface area contributed by atoms with Crippen molar-refractivity contribution in [3.8, 4) is 5.75 Å². The van der Waals surface area contributed by atoms with E-state index in [2.05, 4.69) is 11.9 Å². The Morgan fingerprint density at radius 2 is 2.11 bits per heavy atom. The van der Waals surface area contributed by atoms with E-state index in [1.54, 1.807) is 37.3 Å². The molecule has 0 aliphatic carbocycles. The number of aliphatic carboxylic acids is 1. The van der Waals surface area contributed by atoms with Crippen LogP contribution in [0, 0.1) is 0 Å². The van der Waals surface area contributed by atoms with Crippen LogP contribution in [0.1, 0.15) is 19.4 Å². The number of benzene rings is 1. The molecule has 0 bridgehead atoms. The van der Waals surface area contributed by atoms with Crippen molar-refractivity contribution < 1.29 is 14.6 Å². The van der Waals surface area contributed by atoms with Gasteiger partial charge < -0.3 is 9.84 Å². The molecule has 0 spiro atoms. The highest BCUT2D eigenvalue weighted by Crippen LogP contribution is 2.23. The molecule has 0 saturated heterocycles. The minimum atomic E-state index is -1.13. The van der Waals surface area contributed by atoms with Crippen LogP contribution in [0.15, 0.2) is 36.9 Å². The van der Waals surface area contributed by atoms with E-state index in [9.17, 15) is 9.90 Å². The molecule has 0 aliphatic rings. The molecule has 4 nitrogen and oxygen atoms in total. The van der Waals surface area contributed by atoms with Crippen LogP contribution < -0.4 is 10.1 Å². The molecule has 1 aromatic carbocycles. The molecule has 0 heterocycles. The third kappa shape index (κ3) is 3.11. The predicted molar refractivity (Wildman–Crippen MR) is 70.8 cm³/mol. The normalized spacial score (nSPS) is 13.7. The van der Waals surface area contributed by atoms with Crippen molar-refractivity contribution >= 4 is 5.97 Å². The number of ether oxygens (including phenoxy) is 1. The van der Waals surface area contributed by atoms with Gasteiger partial charge in [0, 0.05) is 6.54 Å². The standard InChI is InChI=1S/C14H19NO3/c1-4-10-15-14(3,13(16)17)11-6-8-12(9-7-11)18-5-2/h4,6-9,15H,1,5,10H2,2-3H3,(H,16,17). The van der Waals surface area contributed by atoms with Crippen molar-refractivity contribution in [2.75, 3.05) is 13.2 Å². The molecule has 1 atom stereocenters. The lowest BCUT2D eigenvalue weighted by molar-refractivity contribution is -0.144. The van der Waals surface area contributed by atoms with E-state index in [0.717, 1.165) is 5.75 Å². The van der Waals surface area contributed by atoms with Gasteiger partial charge in [0.15, 0.2) is 0 Å². The summed E-state index contributed by atoms with van der Waals surface area (Å²) in [5, 5.41) is 12.3. The molecule has 1 aromatic rings. The van der Waals surface area contributed by atoms with Crippen LogP contribution in [0.5, 0.6) is 5.75 Å². The highest BCUT2D eigenvalue weighted by Gasteiger charge is 2.34. The maximum atomic E-state index is 11.4. The van der Waals surface area contributed by atoms with Crippen LogP contribution in [0.3, 0.4) is 0 Å². The molecule has 0 aromatic heterocycles. The first kappa shape index (κ1) is 14.3. The zero-order valence-electron chi connectivity index (χ0n) is 10.8. The molecule has 98 valence electrons. The van der Waals surface area contributed by atoms with Gasteiger partial charge >= 0.3 is 5.97 Å². The van der Waals surface area contributed by atoms with Gasteiger partial charge in [0.1, 0.15) is 11.3 Å². The molecule has 0 aliphatic heterocycles. The van der Waals surface area contributed by atoms with Gasteiger partial charge in [-0.3, -0.25) is 5.32 Å². The molecular formula is C14H19NO3. The lowest BCUT2D eigenvalue weighted by Gasteiger charge is -2.26. The third-order valence-electron chi connectivity index (χ3n) is 2.77. The highest BCUT2D eigenvalue weighted by molar-refractivity contribution is 5.80. The maximum Gasteiger partial charge on any atom is 0.328 e. The Morgan fingerprint density at radius 1 is 1.50 bits per heavy atom. The summed E-state index contributed by atoms with van der Waals surface area (Å²) >= 11 is 0. The first-order valence-corrected chi connectivity index (χ1v) is 5.87. The number of rotatable bonds is 7. The van der Waals surface area contributed by atoms with Crippen LogP contribution in [0.2, 0.25) is 0 Å². The smallest absolute Gasteiger partial charge is 0.328 e. The summed E-state index contributed by atoms with van der Waals surface area (Å²) in [5.41, 5.74) is -0.445. The fourth-order valence-electron chi connectivity index (χ4n) is 1.63. The summed E-state index contributed by atoms with van der Waals surface area (Å²) in [7, 11) is 0. The van der Waals surface area contributed by atoms with Gasteiger partial charge in [-0.05, 0) is 31.5 Å². The summed E-state index contributed by atoms with van der Waals surface area (Å²) in [5.74, 6) is -0.189. The fraction of sp³-hybridized carbons (Fsp3) is 0.357. The average molecular weight is 249 g/mol. The zero-order chi connectivity index (χ0) is 13.6. The molecule has 1 rings (SSSR count). The molecule has 1 unspecified atom stereocenters. The minimum Gasteiger partial charge on any atom is -0.494 e. The summed E-state index contributed by atoms with van der Waals surface area (Å²) in [4.78, 5) is 11.4. The molecule has 0 fully saturated rings. The van der Waals surface area contributed by atoms with Gasteiger partial charge in [-0.25, -0.2) is 4.79 Å². The van der Waals surface area contributed by atoms with E-state index in [1.807, 2.05) is 6.92 Å². The number of nitrogens with one attached hydrogen (secondary N) is 1. The van der Waals surface area contributed by atoms with Crippen LogP contribution in [-0.2, 0) is 10.3 Å². The Bertz CT molecular complexity index is 414. The average Bonchev–Trinajstić information content (AvgIpc) is 2.37. The summed E-state index contributed by atoms with van der Waals surface area (Å²) in [6.07, 6.45) is 1.63. The molecule has 4 heteroatoms. The Labute approximate surface area is 107 Å². The summed E-state index contributed by atoms with van der Waals surface area (Å²) < 4.78 is 5.33. The van der Waals surface area contributed by atoms with Crippen LogP contribution in [0.4, 0.5) is 0 Å². The highest BCUT2D eigenvalue weighted by atomic mass is 16.5. The van der Waals surface area contributed by atoms with Gasteiger partial charge in [-0.1, -0.05) is 18.2 Å². The van der Waals surface area contributed by atoms with Gasteiger partial charge in [-0.2, -0.15) is 0 Å². The van der Waals surface area contributed by atoms with E-state index in [-0.39, 0.29) is 0 Å². The predicted octanol–water partition coefficient (Wildman–Crippen LogP) is 2.16. The van der Waals surface area contributed by atoms with Crippen molar-refractivity contribution in [3.05, 3.63) is 42.5 Å². The van der Waals surface area contributed by atoms with Crippen LogP contribution in [-0.4, -0.2) is 24.2 Å². The van der Waals surface area contributed by atoms with Gasteiger partial charge in [-0.15, -0.1) is 6.58 Å². The quantitative estimate of drug-likeness (QED) is 0.727. The van der Waals surface area contributed by atoms with Crippen LogP contribution in [0.25, 0.3) is 0 Å². The largest absolute Gasteiger partial charge is 0.494 e. The molecular weight excluding hydrogens is 230 g/mol. The van der Waals surface area contributed by atoms with Gasteiger partial charge in [0.05, 0.1) is 6.61 Å². The second-order valence-electron chi connectivity index (χ2n) is 4.06. The number of hydrogen-bond acceptors (Lipinski definition) is 3. The van der Waals surface area contributed by atoms with E-state index in [1.165, 1.54) is 0 Å². The number of hydrogen-bond donors (Lipinski definition) is 2. The van der Waals surface area contributed by atoms with Gasteiger partial charge in [0.25, 0.3) is 0 Å². The van der Waals surface area contributed by atoms with Crippen molar-refractivity contribution in [1.29, 1.82) is 0 Å². The van der Waals surface area contributed by atoms with Crippen molar-refractivity contribution in [2.45, 2.75) is 19.4 Å². The van der Waals surface area contributed by atoms with Gasteiger partial charge in [0.2, 0.25) is 0 Å². The monoisotopic (exact) mass is 249 g/mol. The molecule has 0 radical (unpaired) electrons. The Morgan fingerprint density at radius 3 is 2.56 bits per heavy atom. The van der Waals surface area contributed by atoms with Crippen molar-refractivity contribution in [3.63, 3.8) is 0 Å². The molecule has 18 heavy (non-hydrogen) atoms. The topological polar surface area (TPSA) is 58.6 Å². The van der Waals surface area contributed by atoms with Crippen molar-refractivity contribution in [2.24, 2.45) is 0 Å². The number of carboxylic acids is 1. The Hall–Kier alpha value is -1.81. The van der Waals surface area contributed by atoms with Crippen LogP contribution >= 0.6 is 0 Å². The van der Waals surface area contributed by atoms with Crippen molar-refractivity contribution in [1.82, 2.24) is 5.32 Å². The first-order valence-electron chi connectivity index (χ1n) is 5.87. The lowest BCUT2D eigenvalue weighted by Crippen LogP contribution is -2.46. The second kappa shape index (κ2) is 6.21. The number of carbonyl (C=O) groups is 1.